The van der Waals surface area contributed by atoms with Gasteiger partial charge in [-0.05, 0) is 128 Å². The number of carbonyl (C=O) groups excluding carboxylic acids is 7. The number of halogens is 2. The first-order valence-electron chi connectivity index (χ1n) is 23.7. The smallest absolute Gasteiger partial charge is 0.310 e. The third kappa shape index (κ3) is 13.0. The third-order valence-electron chi connectivity index (χ3n) is 11.8. The van der Waals surface area contributed by atoms with Gasteiger partial charge >= 0.3 is 11.9 Å². The molecule has 0 atom stereocenters. The number of amides is 6. The molecule has 6 aromatic rings. The van der Waals surface area contributed by atoms with Crippen molar-refractivity contribution in [3.05, 3.63) is 177 Å². The lowest BCUT2D eigenvalue weighted by atomic mass is 10.1. The number of rotatable bonds is 15. The van der Waals surface area contributed by atoms with Crippen LogP contribution in [0.3, 0.4) is 0 Å². The van der Waals surface area contributed by atoms with E-state index in [1.54, 1.807) is 128 Å². The van der Waals surface area contributed by atoms with Crippen molar-refractivity contribution in [1.29, 1.82) is 0 Å². The lowest BCUT2D eigenvalue weighted by Gasteiger charge is -2.26. The van der Waals surface area contributed by atoms with Gasteiger partial charge in [0.1, 0.15) is 12.8 Å². The monoisotopic (exact) mass is 1040 g/mol. The van der Waals surface area contributed by atoms with E-state index >= 15 is 0 Å². The van der Waals surface area contributed by atoms with E-state index in [2.05, 4.69) is 10.6 Å². The number of benzene rings is 6. The van der Waals surface area contributed by atoms with E-state index in [1.807, 2.05) is 26.0 Å². The molecule has 0 saturated heterocycles. The minimum absolute atomic E-state index is 0.113. The summed E-state index contributed by atoms with van der Waals surface area (Å²) < 4.78 is 5.01. The number of carboxylic acids is 1. The number of carbonyl (C=O) groups is 8. The number of fused-ring (bicyclic) bond motifs is 2. The molecular formula is C56H52Cl2N6O10. The minimum atomic E-state index is -0.958. The van der Waals surface area contributed by atoms with Crippen molar-refractivity contribution in [2.75, 3.05) is 39.3 Å². The fraction of sp³-hybridized carbons (Fsp3) is 0.214. The molecule has 18 heteroatoms. The molecule has 2 aliphatic heterocycles. The van der Waals surface area contributed by atoms with Crippen LogP contribution in [0.1, 0.15) is 76.6 Å². The molecule has 8 rings (SSSR count). The molecule has 0 saturated carbocycles. The second kappa shape index (κ2) is 24.4. The maximum Gasteiger partial charge on any atom is 0.310 e. The summed E-state index contributed by atoms with van der Waals surface area (Å²) in [5.74, 6) is -3.50. The van der Waals surface area contributed by atoms with Crippen molar-refractivity contribution in [1.82, 2.24) is 10.6 Å². The normalized spacial score (nSPS) is 13.2. The standard InChI is InChI=1S/C29H28ClN3O5.C27H24ClN3O5/c1-3-31-29(37)21-9-14-24-25(16-21)32(18-20-5-10-22(30)11-6-20)26(34)17-27(35)33(24)23-12-7-19(8-13-23)15-28(36)38-4-2;1-2-29-27(36)19-7-12-22-23(14-19)30(16-18-3-8-20(28)9-4-18)24(32)15-25(33)31(22)21-10-5-17(6-11-21)13-26(34)35/h5-14,16H,3-4,15,17-18H2,1-2H3,(H,31,37);3-12,14H,2,13,15-16H2,1H3,(H,29,36)(H,34,35). The molecule has 16 nitrogen and oxygen atoms in total. The summed E-state index contributed by atoms with van der Waals surface area (Å²) in [5.41, 5.74) is 6.48. The van der Waals surface area contributed by atoms with E-state index in [9.17, 15) is 38.4 Å². The number of carboxylic acid groups (broad SMARTS) is 1. The Bertz CT molecular complexity index is 3090. The van der Waals surface area contributed by atoms with E-state index < -0.39 is 23.7 Å². The second-order valence-corrected chi connectivity index (χ2v) is 17.9. The molecule has 0 radical (unpaired) electrons. The van der Waals surface area contributed by atoms with Crippen LogP contribution in [-0.2, 0) is 59.4 Å². The summed E-state index contributed by atoms with van der Waals surface area (Å²) in [4.78, 5) is 107. The Hall–Kier alpha value is -8.34. The molecule has 2 aliphatic rings. The fourth-order valence-electron chi connectivity index (χ4n) is 8.35. The SMILES string of the molecule is CCNC(=O)c1ccc2c(c1)N(Cc1ccc(Cl)cc1)C(=O)CC(=O)N2c1ccc(CC(=O)O)cc1.CCNC(=O)c1ccc2c(c1)N(Cc1ccc(Cl)cc1)C(=O)CC(=O)N2c1ccc(CC(=O)OCC)cc1. The molecule has 74 heavy (non-hydrogen) atoms. The number of aliphatic carboxylic acids is 1. The zero-order valence-electron chi connectivity index (χ0n) is 40.7. The van der Waals surface area contributed by atoms with E-state index in [0.29, 0.717) is 80.6 Å². The van der Waals surface area contributed by atoms with E-state index in [0.717, 1.165) is 16.7 Å². The van der Waals surface area contributed by atoms with E-state index in [1.165, 1.54) is 19.6 Å². The fourth-order valence-corrected chi connectivity index (χ4v) is 8.60. The third-order valence-corrected chi connectivity index (χ3v) is 12.3. The van der Waals surface area contributed by atoms with Crippen LogP contribution < -0.4 is 30.2 Å². The average molecular weight is 1040 g/mol. The predicted molar refractivity (Wildman–Crippen MR) is 282 cm³/mol. The molecule has 0 unspecified atom stereocenters. The second-order valence-electron chi connectivity index (χ2n) is 17.0. The van der Waals surface area contributed by atoms with E-state index in [4.69, 9.17) is 33.0 Å². The van der Waals surface area contributed by atoms with Gasteiger partial charge in [0.15, 0.2) is 0 Å². The summed E-state index contributed by atoms with van der Waals surface area (Å²) in [6.45, 7) is 6.95. The zero-order valence-corrected chi connectivity index (χ0v) is 42.2. The Morgan fingerprint density at radius 3 is 1.24 bits per heavy atom. The Morgan fingerprint density at radius 1 is 0.500 bits per heavy atom. The van der Waals surface area contributed by atoms with E-state index in [-0.39, 0.29) is 62.5 Å². The number of nitrogens with one attached hydrogen (secondary N) is 2. The number of ether oxygens (including phenoxy) is 1. The quantitative estimate of drug-likeness (QED) is 0.0658. The summed E-state index contributed by atoms with van der Waals surface area (Å²) in [6.07, 6.45) is -0.769. The molecule has 0 spiro atoms. The van der Waals surface area contributed by atoms with Gasteiger partial charge in [-0.3, -0.25) is 48.2 Å². The lowest BCUT2D eigenvalue weighted by molar-refractivity contribution is -0.142. The van der Waals surface area contributed by atoms with Crippen LogP contribution in [-0.4, -0.2) is 72.2 Å². The minimum Gasteiger partial charge on any atom is -0.481 e. The van der Waals surface area contributed by atoms with Crippen LogP contribution in [0.5, 0.6) is 0 Å². The molecular weight excluding hydrogens is 988 g/mol. The maximum absolute atomic E-state index is 13.4. The summed E-state index contributed by atoms with van der Waals surface area (Å²) in [6, 6.07) is 37.5. The number of hydrogen-bond donors (Lipinski definition) is 3. The van der Waals surface area contributed by atoms with Gasteiger partial charge < -0.3 is 30.3 Å². The molecule has 3 N–H and O–H groups in total. The van der Waals surface area contributed by atoms with Gasteiger partial charge in [-0.1, -0.05) is 71.7 Å². The maximum atomic E-state index is 13.4. The largest absolute Gasteiger partial charge is 0.481 e. The first kappa shape index (κ1) is 53.5. The highest BCUT2D eigenvalue weighted by Gasteiger charge is 2.35. The van der Waals surface area contributed by atoms with Gasteiger partial charge in [0, 0.05) is 45.6 Å². The van der Waals surface area contributed by atoms with Gasteiger partial charge in [-0.15, -0.1) is 0 Å². The number of hydrogen-bond acceptors (Lipinski definition) is 9. The van der Waals surface area contributed by atoms with Gasteiger partial charge in [-0.2, -0.15) is 0 Å². The van der Waals surface area contributed by atoms with Crippen molar-refractivity contribution in [3.8, 4) is 0 Å². The van der Waals surface area contributed by atoms with Gasteiger partial charge in [0.05, 0.1) is 55.3 Å². The molecule has 380 valence electrons. The zero-order chi connectivity index (χ0) is 53.1. The highest BCUT2D eigenvalue weighted by Crippen LogP contribution is 2.41. The predicted octanol–water partition coefficient (Wildman–Crippen LogP) is 9.12. The van der Waals surface area contributed by atoms with Gasteiger partial charge in [0.25, 0.3) is 11.8 Å². The number of nitrogens with zero attached hydrogens (tertiary/aromatic N) is 4. The molecule has 0 aliphatic carbocycles. The highest BCUT2D eigenvalue weighted by atomic mass is 35.5. The van der Waals surface area contributed by atoms with Crippen molar-refractivity contribution in [3.63, 3.8) is 0 Å². The number of esters is 1. The Morgan fingerprint density at radius 2 is 0.878 bits per heavy atom. The van der Waals surface area contributed by atoms with Gasteiger partial charge in [0.2, 0.25) is 23.6 Å². The molecule has 0 bridgehead atoms. The molecule has 6 amide bonds. The van der Waals surface area contributed by atoms with Crippen molar-refractivity contribution in [2.45, 2.75) is 59.5 Å². The lowest BCUT2D eigenvalue weighted by Crippen LogP contribution is -2.31. The molecule has 2 heterocycles. The van der Waals surface area contributed by atoms with Crippen molar-refractivity contribution < 1.29 is 48.2 Å². The Kier molecular flexibility index (Phi) is 17.6. The van der Waals surface area contributed by atoms with Crippen LogP contribution >= 0.6 is 23.2 Å². The van der Waals surface area contributed by atoms with Crippen LogP contribution in [0.25, 0.3) is 0 Å². The van der Waals surface area contributed by atoms with Crippen LogP contribution in [0, 0.1) is 0 Å². The molecule has 0 fully saturated rings. The van der Waals surface area contributed by atoms with Gasteiger partial charge in [-0.25, -0.2) is 0 Å². The van der Waals surface area contributed by atoms with Crippen LogP contribution in [0.4, 0.5) is 34.1 Å². The van der Waals surface area contributed by atoms with Crippen molar-refractivity contribution in [2.24, 2.45) is 0 Å². The van der Waals surface area contributed by atoms with Crippen LogP contribution in [0.15, 0.2) is 133 Å². The van der Waals surface area contributed by atoms with Crippen LogP contribution in [0.2, 0.25) is 10.0 Å². The summed E-state index contributed by atoms with van der Waals surface area (Å²) in [5, 5.41) is 15.7. The highest BCUT2D eigenvalue weighted by molar-refractivity contribution is 6.31. The first-order chi connectivity index (χ1) is 35.6. The molecule has 6 aromatic carbocycles. The molecule has 0 aromatic heterocycles. The Labute approximate surface area is 437 Å². The Balaban J connectivity index is 0.000000217. The van der Waals surface area contributed by atoms with Crippen molar-refractivity contribution >= 4 is 105 Å². The summed E-state index contributed by atoms with van der Waals surface area (Å²) in [7, 11) is 0. The topological polar surface area (TPSA) is 203 Å². The summed E-state index contributed by atoms with van der Waals surface area (Å²) >= 11 is 12.0. The average Bonchev–Trinajstić information content (AvgIpc) is 3.54. The number of anilines is 6. The first-order valence-corrected chi connectivity index (χ1v) is 24.5.